The molecule has 0 spiro atoms. The maximum absolute atomic E-state index is 12.2. The molecule has 0 saturated heterocycles. The minimum Gasteiger partial charge on any atom is -0.289 e. The fourth-order valence-corrected chi connectivity index (χ4v) is 2.36. The molecule has 98 valence electrons. The van der Waals surface area contributed by atoms with E-state index in [1.165, 1.54) is 12.1 Å². The number of carbonyl (C=O) groups is 1. The van der Waals surface area contributed by atoms with Crippen LogP contribution in [0.3, 0.4) is 0 Å². The van der Waals surface area contributed by atoms with Crippen LogP contribution in [0.25, 0.3) is 0 Å². The summed E-state index contributed by atoms with van der Waals surface area (Å²) in [7, 11) is -3.23. The molecule has 2 rings (SSSR count). The molecule has 4 heteroatoms. The van der Waals surface area contributed by atoms with Crippen LogP contribution in [0.2, 0.25) is 0 Å². The van der Waals surface area contributed by atoms with Crippen LogP contribution < -0.4 is 0 Å². The van der Waals surface area contributed by atoms with E-state index in [0.29, 0.717) is 11.1 Å². The van der Waals surface area contributed by atoms with Gasteiger partial charge in [0.1, 0.15) is 0 Å². The molecule has 0 saturated carbocycles. The number of ketones is 1. The minimum atomic E-state index is -3.23. The van der Waals surface area contributed by atoms with Gasteiger partial charge >= 0.3 is 0 Å². The van der Waals surface area contributed by atoms with E-state index in [2.05, 4.69) is 0 Å². The van der Waals surface area contributed by atoms with Crippen molar-refractivity contribution in [3.05, 3.63) is 65.2 Å². The average molecular weight is 274 g/mol. The third-order valence-corrected chi connectivity index (χ3v) is 3.99. The lowest BCUT2D eigenvalue weighted by Gasteiger charge is -2.03. The van der Waals surface area contributed by atoms with Crippen LogP contribution in [0, 0.1) is 6.92 Å². The first-order chi connectivity index (χ1) is 8.88. The van der Waals surface area contributed by atoms with Crippen LogP contribution in [0.1, 0.15) is 21.5 Å². The molecule has 0 fully saturated rings. The largest absolute Gasteiger partial charge is 0.289 e. The normalized spacial score (nSPS) is 11.3. The molecule has 0 N–H and O–H groups in total. The SMILES string of the molecule is Cc1ccc(C(=O)c2ccc(S(C)(=O)=O)cc2)cc1. The summed E-state index contributed by atoms with van der Waals surface area (Å²) in [5.74, 6) is -0.111. The lowest BCUT2D eigenvalue weighted by atomic mass is 10.0. The summed E-state index contributed by atoms with van der Waals surface area (Å²) >= 11 is 0. The molecule has 19 heavy (non-hydrogen) atoms. The van der Waals surface area contributed by atoms with E-state index in [4.69, 9.17) is 0 Å². The molecule has 0 aliphatic heterocycles. The number of benzene rings is 2. The number of carbonyl (C=O) groups excluding carboxylic acids is 1. The quantitative estimate of drug-likeness (QED) is 0.808. The van der Waals surface area contributed by atoms with Crippen molar-refractivity contribution in [3.8, 4) is 0 Å². The summed E-state index contributed by atoms with van der Waals surface area (Å²) in [5.41, 5.74) is 2.16. The first-order valence-electron chi connectivity index (χ1n) is 5.79. The van der Waals surface area contributed by atoms with E-state index in [0.717, 1.165) is 11.8 Å². The second-order valence-electron chi connectivity index (χ2n) is 4.49. The van der Waals surface area contributed by atoms with Crippen LogP contribution in [0.5, 0.6) is 0 Å². The second-order valence-corrected chi connectivity index (χ2v) is 6.51. The summed E-state index contributed by atoms with van der Waals surface area (Å²) < 4.78 is 22.7. The zero-order chi connectivity index (χ0) is 14.0. The standard InChI is InChI=1S/C15H14O3S/c1-11-3-5-12(6-4-11)15(16)13-7-9-14(10-8-13)19(2,17)18/h3-10H,1-2H3. The number of aryl methyl sites for hydroxylation is 1. The van der Waals surface area contributed by atoms with Gasteiger partial charge in [0, 0.05) is 17.4 Å². The smallest absolute Gasteiger partial charge is 0.193 e. The Kier molecular flexibility index (Phi) is 3.53. The molecule has 0 atom stereocenters. The molecule has 0 unspecified atom stereocenters. The fraction of sp³-hybridized carbons (Fsp3) is 0.133. The molecule has 0 amide bonds. The van der Waals surface area contributed by atoms with Crippen molar-refractivity contribution in [1.29, 1.82) is 0 Å². The van der Waals surface area contributed by atoms with Crippen molar-refractivity contribution in [3.63, 3.8) is 0 Å². The zero-order valence-electron chi connectivity index (χ0n) is 10.8. The molecular formula is C15H14O3S. The molecule has 0 bridgehead atoms. The Labute approximate surface area is 112 Å². The highest BCUT2D eigenvalue weighted by atomic mass is 32.2. The van der Waals surface area contributed by atoms with Gasteiger partial charge in [0.05, 0.1) is 4.90 Å². The van der Waals surface area contributed by atoms with E-state index in [1.54, 1.807) is 24.3 Å². The van der Waals surface area contributed by atoms with Gasteiger partial charge in [0.25, 0.3) is 0 Å². The summed E-state index contributed by atoms with van der Waals surface area (Å²) in [6, 6.07) is 13.3. The van der Waals surface area contributed by atoms with E-state index < -0.39 is 9.84 Å². The van der Waals surface area contributed by atoms with Gasteiger partial charge in [0.15, 0.2) is 15.6 Å². The van der Waals surface area contributed by atoms with Gasteiger partial charge in [-0.25, -0.2) is 8.42 Å². The first kappa shape index (κ1) is 13.5. The van der Waals surface area contributed by atoms with Gasteiger partial charge in [-0.2, -0.15) is 0 Å². The lowest BCUT2D eigenvalue weighted by Crippen LogP contribution is -2.02. The maximum Gasteiger partial charge on any atom is 0.193 e. The number of rotatable bonds is 3. The highest BCUT2D eigenvalue weighted by Crippen LogP contribution is 2.14. The molecule has 0 aliphatic rings. The van der Waals surface area contributed by atoms with Crippen molar-refractivity contribution < 1.29 is 13.2 Å². The molecule has 2 aromatic rings. The highest BCUT2D eigenvalue weighted by molar-refractivity contribution is 7.90. The third kappa shape index (κ3) is 3.09. The minimum absolute atomic E-state index is 0.111. The van der Waals surface area contributed by atoms with Gasteiger partial charge in [-0.3, -0.25) is 4.79 Å². The van der Waals surface area contributed by atoms with E-state index in [9.17, 15) is 13.2 Å². The monoisotopic (exact) mass is 274 g/mol. The molecule has 0 radical (unpaired) electrons. The average Bonchev–Trinajstić information content (AvgIpc) is 2.38. The van der Waals surface area contributed by atoms with Crippen LogP contribution in [0.15, 0.2) is 53.4 Å². The molecular weight excluding hydrogens is 260 g/mol. The van der Waals surface area contributed by atoms with Gasteiger partial charge in [-0.05, 0) is 31.2 Å². The Hall–Kier alpha value is -1.94. The molecule has 0 aromatic heterocycles. The number of hydrogen-bond acceptors (Lipinski definition) is 3. The summed E-state index contributed by atoms with van der Waals surface area (Å²) in [5, 5.41) is 0. The van der Waals surface area contributed by atoms with E-state index in [1.807, 2.05) is 19.1 Å². The van der Waals surface area contributed by atoms with Crippen molar-refractivity contribution in [1.82, 2.24) is 0 Å². The summed E-state index contributed by atoms with van der Waals surface area (Å²) in [6.45, 7) is 1.95. The molecule has 2 aromatic carbocycles. The Morgan fingerprint density at radius 3 is 1.68 bits per heavy atom. The van der Waals surface area contributed by atoms with Gasteiger partial charge < -0.3 is 0 Å². The maximum atomic E-state index is 12.2. The zero-order valence-corrected chi connectivity index (χ0v) is 11.6. The van der Waals surface area contributed by atoms with Crippen LogP contribution >= 0.6 is 0 Å². The highest BCUT2D eigenvalue weighted by Gasteiger charge is 2.11. The predicted octanol–water partition coefficient (Wildman–Crippen LogP) is 2.63. The van der Waals surface area contributed by atoms with Gasteiger partial charge in [0.2, 0.25) is 0 Å². The van der Waals surface area contributed by atoms with Gasteiger partial charge in [-0.1, -0.05) is 29.8 Å². The van der Waals surface area contributed by atoms with Crippen molar-refractivity contribution >= 4 is 15.6 Å². The Balaban J connectivity index is 2.32. The van der Waals surface area contributed by atoms with Crippen LogP contribution in [0.4, 0.5) is 0 Å². The third-order valence-electron chi connectivity index (χ3n) is 2.86. The Morgan fingerprint density at radius 2 is 1.26 bits per heavy atom. The number of sulfone groups is 1. The van der Waals surface area contributed by atoms with E-state index in [-0.39, 0.29) is 10.7 Å². The molecule has 3 nitrogen and oxygen atoms in total. The van der Waals surface area contributed by atoms with E-state index >= 15 is 0 Å². The summed E-state index contributed by atoms with van der Waals surface area (Å²) in [6.07, 6.45) is 1.14. The summed E-state index contributed by atoms with van der Waals surface area (Å²) in [4.78, 5) is 12.4. The molecule has 0 heterocycles. The Bertz CT molecular complexity index is 696. The lowest BCUT2D eigenvalue weighted by molar-refractivity contribution is 0.103. The predicted molar refractivity (Wildman–Crippen MR) is 74.2 cm³/mol. The van der Waals surface area contributed by atoms with Gasteiger partial charge in [-0.15, -0.1) is 0 Å². The second kappa shape index (κ2) is 4.97. The first-order valence-corrected chi connectivity index (χ1v) is 7.68. The van der Waals surface area contributed by atoms with Crippen molar-refractivity contribution in [2.24, 2.45) is 0 Å². The topological polar surface area (TPSA) is 51.2 Å². The van der Waals surface area contributed by atoms with Crippen LogP contribution in [-0.2, 0) is 9.84 Å². The number of hydrogen-bond donors (Lipinski definition) is 0. The fourth-order valence-electron chi connectivity index (χ4n) is 1.73. The van der Waals surface area contributed by atoms with Crippen molar-refractivity contribution in [2.45, 2.75) is 11.8 Å². The Morgan fingerprint density at radius 1 is 0.842 bits per heavy atom. The molecule has 0 aliphatic carbocycles. The van der Waals surface area contributed by atoms with Crippen LogP contribution in [-0.4, -0.2) is 20.5 Å². The van der Waals surface area contributed by atoms with Crippen molar-refractivity contribution in [2.75, 3.05) is 6.26 Å².